The van der Waals surface area contributed by atoms with Crippen molar-refractivity contribution in [2.75, 3.05) is 30.3 Å². The Morgan fingerprint density at radius 2 is 2.00 bits per heavy atom. The highest BCUT2D eigenvalue weighted by Gasteiger charge is 2.16. The van der Waals surface area contributed by atoms with Crippen molar-refractivity contribution in [3.8, 4) is 0 Å². The smallest absolute Gasteiger partial charge is 0.311 e. The Hall–Kier alpha value is -3.13. The monoisotopic (exact) mass is 341 g/mol. The average Bonchev–Trinajstić information content (AvgIpc) is 3.03. The number of nitro groups is 1. The lowest BCUT2D eigenvalue weighted by atomic mass is 10.1. The van der Waals surface area contributed by atoms with Gasteiger partial charge in [-0.2, -0.15) is 0 Å². The zero-order valence-corrected chi connectivity index (χ0v) is 13.5. The molecule has 8 heteroatoms. The predicted octanol–water partition coefficient (Wildman–Crippen LogP) is 2.53. The van der Waals surface area contributed by atoms with E-state index in [9.17, 15) is 10.1 Å². The van der Waals surface area contributed by atoms with Crippen molar-refractivity contribution in [3.05, 3.63) is 58.3 Å². The molecule has 0 aliphatic rings. The van der Waals surface area contributed by atoms with E-state index in [1.807, 2.05) is 30.5 Å². The van der Waals surface area contributed by atoms with E-state index in [1.165, 1.54) is 12.1 Å². The van der Waals surface area contributed by atoms with Crippen LogP contribution in [-0.4, -0.2) is 39.7 Å². The predicted molar refractivity (Wildman–Crippen MR) is 97.0 cm³/mol. The third-order valence-electron chi connectivity index (χ3n) is 3.85. The third kappa shape index (κ3) is 3.86. The summed E-state index contributed by atoms with van der Waals surface area (Å²) < 4.78 is 0. The molecule has 0 saturated heterocycles. The fourth-order valence-electron chi connectivity index (χ4n) is 2.67. The van der Waals surface area contributed by atoms with Crippen LogP contribution >= 0.6 is 0 Å². The van der Waals surface area contributed by atoms with Gasteiger partial charge in [0.05, 0.1) is 11.5 Å². The minimum atomic E-state index is -0.461. The highest BCUT2D eigenvalue weighted by molar-refractivity contribution is 5.83. The molecule has 4 N–H and O–H groups in total. The fraction of sp³-hybridized carbons (Fsp3) is 0.235. The summed E-state index contributed by atoms with van der Waals surface area (Å²) in [7, 11) is 0. The number of rotatable bonds is 8. The first-order valence-electron chi connectivity index (χ1n) is 7.98. The van der Waals surface area contributed by atoms with Crippen LogP contribution < -0.4 is 10.6 Å². The Morgan fingerprint density at radius 1 is 1.16 bits per heavy atom. The van der Waals surface area contributed by atoms with E-state index < -0.39 is 4.92 Å². The molecule has 0 aliphatic carbocycles. The van der Waals surface area contributed by atoms with Crippen molar-refractivity contribution in [1.82, 2.24) is 9.97 Å². The molecule has 0 unspecified atom stereocenters. The average molecular weight is 341 g/mol. The number of aliphatic hydroxyl groups is 1. The van der Waals surface area contributed by atoms with Gasteiger partial charge in [-0.3, -0.25) is 10.1 Å². The van der Waals surface area contributed by atoms with E-state index in [-0.39, 0.29) is 18.1 Å². The van der Waals surface area contributed by atoms with Gasteiger partial charge in [0.1, 0.15) is 5.82 Å². The molecular weight excluding hydrogens is 322 g/mol. The van der Waals surface area contributed by atoms with Crippen LogP contribution in [0.1, 0.15) is 5.56 Å². The highest BCUT2D eigenvalue weighted by atomic mass is 16.6. The standard InChI is InChI=1S/C17H19N5O3/c23-10-9-18-16-6-5-15(22(24)25)17(21-16)19-8-7-12-11-20-14-4-2-1-3-13(12)14/h1-6,11,20,23H,7-10H2,(H2,18,19,21). The van der Waals surface area contributed by atoms with Gasteiger partial charge in [-0.15, -0.1) is 0 Å². The van der Waals surface area contributed by atoms with E-state index in [1.54, 1.807) is 0 Å². The lowest BCUT2D eigenvalue weighted by molar-refractivity contribution is -0.384. The number of anilines is 2. The first-order chi connectivity index (χ1) is 12.2. The molecule has 0 radical (unpaired) electrons. The number of pyridine rings is 1. The van der Waals surface area contributed by atoms with Crippen LogP contribution in [0.25, 0.3) is 10.9 Å². The van der Waals surface area contributed by atoms with Crippen LogP contribution in [0.5, 0.6) is 0 Å². The summed E-state index contributed by atoms with van der Waals surface area (Å²) in [5.41, 5.74) is 2.13. The normalized spacial score (nSPS) is 10.8. The lowest BCUT2D eigenvalue weighted by Gasteiger charge is -2.09. The molecule has 8 nitrogen and oxygen atoms in total. The van der Waals surface area contributed by atoms with Crippen molar-refractivity contribution in [3.63, 3.8) is 0 Å². The number of H-pyrrole nitrogens is 1. The van der Waals surface area contributed by atoms with Crippen LogP contribution in [0.3, 0.4) is 0 Å². The first-order valence-corrected chi connectivity index (χ1v) is 7.98. The summed E-state index contributed by atoms with van der Waals surface area (Å²) in [5.74, 6) is 0.696. The Bertz CT molecular complexity index is 878. The van der Waals surface area contributed by atoms with Crippen LogP contribution in [0, 0.1) is 10.1 Å². The Kier molecular flexibility index (Phi) is 5.10. The second kappa shape index (κ2) is 7.63. The van der Waals surface area contributed by atoms with Crippen LogP contribution in [-0.2, 0) is 6.42 Å². The van der Waals surface area contributed by atoms with Crippen LogP contribution in [0.4, 0.5) is 17.3 Å². The molecule has 0 atom stereocenters. The zero-order valence-electron chi connectivity index (χ0n) is 13.5. The number of fused-ring (bicyclic) bond motifs is 1. The number of aromatic nitrogens is 2. The number of nitrogens with zero attached hydrogens (tertiary/aromatic N) is 2. The quantitative estimate of drug-likeness (QED) is 0.369. The largest absolute Gasteiger partial charge is 0.395 e. The molecule has 0 fully saturated rings. The number of para-hydroxylation sites is 1. The van der Waals surface area contributed by atoms with Gasteiger partial charge in [-0.25, -0.2) is 4.98 Å². The molecule has 0 amide bonds. The summed E-state index contributed by atoms with van der Waals surface area (Å²) in [6.45, 7) is 0.806. The number of nitrogens with one attached hydrogen (secondary N) is 3. The maximum atomic E-state index is 11.2. The molecule has 0 bridgehead atoms. The van der Waals surface area contributed by atoms with Crippen LogP contribution in [0.2, 0.25) is 0 Å². The fourth-order valence-corrected chi connectivity index (χ4v) is 2.67. The Balaban J connectivity index is 1.71. The summed E-state index contributed by atoms with van der Waals surface area (Å²) >= 11 is 0. The summed E-state index contributed by atoms with van der Waals surface area (Å²) in [4.78, 5) is 18.2. The van der Waals surface area contributed by atoms with Crippen molar-refractivity contribution in [1.29, 1.82) is 0 Å². The van der Waals surface area contributed by atoms with E-state index >= 15 is 0 Å². The molecule has 1 aromatic carbocycles. The van der Waals surface area contributed by atoms with Gasteiger partial charge in [-0.05, 0) is 24.1 Å². The molecule has 0 spiro atoms. The number of hydrogen-bond acceptors (Lipinski definition) is 6. The van der Waals surface area contributed by atoms with Gasteiger partial charge < -0.3 is 20.7 Å². The lowest BCUT2D eigenvalue weighted by Crippen LogP contribution is -2.11. The minimum absolute atomic E-state index is 0.0397. The van der Waals surface area contributed by atoms with E-state index in [0.29, 0.717) is 25.3 Å². The van der Waals surface area contributed by atoms with Crippen molar-refractivity contribution in [2.24, 2.45) is 0 Å². The summed E-state index contributed by atoms with van der Waals surface area (Å²) in [6, 6.07) is 10.9. The molecular formula is C17H19N5O3. The van der Waals surface area contributed by atoms with E-state index in [2.05, 4.69) is 20.6 Å². The number of hydrogen-bond donors (Lipinski definition) is 4. The maximum absolute atomic E-state index is 11.2. The first kappa shape index (κ1) is 16.7. The molecule has 2 heterocycles. The van der Waals surface area contributed by atoms with Gasteiger partial charge in [0.2, 0.25) is 5.82 Å². The molecule has 3 rings (SSSR count). The van der Waals surface area contributed by atoms with Gasteiger partial charge in [0, 0.05) is 36.3 Å². The van der Waals surface area contributed by atoms with Crippen LogP contribution in [0.15, 0.2) is 42.6 Å². The van der Waals surface area contributed by atoms with Crippen molar-refractivity contribution >= 4 is 28.2 Å². The summed E-state index contributed by atoms with van der Waals surface area (Å²) in [5, 5.41) is 27.1. The summed E-state index contributed by atoms with van der Waals surface area (Å²) in [6.07, 6.45) is 2.66. The molecule has 0 saturated carbocycles. The molecule has 25 heavy (non-hydrogen) atoms. The topological polar surface area (TPSA) is 116 Å². The van der Waals surface area contributed by atoms with Crippen molar-refractivity contribution in [2.45, 2.75) is 6.42 Å². The minimum Gasteiger partial charge on any atom is -0.395 e. The van der Waals surface area contributed by atoms with Gasteiger partial charge >= 0.3 is 5.69 Å². The number of aliphatic hydroxyl groups excluding tert-OH is 1. The maximum Gasteiger partial charge on any atom is 0.311 e. The molecule has 2 aromatic heterocycles. The molecule has 130 valence electrons. The zero-order chi connectivity index (χ0) is 17.6. The Morgan fingerprint density at radius 3 is 2.80 bits per heavy atom. The molecule has 3 aromatic rings. The van der Waals surface area contributed by atoms with Gasteiger partial charge in [0.15, 0.2) is 0 Å². The SMILES string of the molecule is O=[N+]([O-])c1ccc(NCCO)nc1NCCc1c[nH]c2ccccc12. The van der Waals surface area contributed by atoms with Gasteiger partial charge in [-0.1, -0.05) is 18.2 Å². The second-order valence-electron chi connectivity index (χ2n) is 5.51. The van der Waals surface area contributed by atoms with Crippen molar-refractivity contribution < 1.29 is 10.0 Å². The van der Waals surface area contributed by atoms with E-state index in [0.717, 1.165) is 16.5 Å². The molecule has 0 aliphatic heterocycles. The highest BCUT2D eigenvalue weighted by Crippen LogP contribution is 2.24. The number of benzene rings is 1. The van der Waals surface area contributed by atoms with E-state index in [4.69, 9.17) is 5.11 Å². The number of aromatic amines is 1. The second-order valence-corrected chi connectivity index (χ2v) is 5.51. The van der Waals surface area contributed by atoms with Gasteiger partial charge in [0.25, 0.3) is 0 Å². The third-order valence-corrected chi connectivity index (χ3v) is 3.85. The Labute approximate surface area is 144 Å².